The van der Waals surface area contributed by atoms with Crippen molar-refractivity contribution in [1.82, 2.24) is 0 Å². The first-order chi connectivity index (χ1) is 12.8. The van der Waals surface area contributed by atoms with Gasteiger partial charge in [-0.3, -0.25) is 0 Å². The van der Waals surface area contributed by atoms with E-state index in [9.17, 15) is 10.5 Å². The van der Waals surface area contributed by atoms with Crippen molar-refractivity contribution in [3.63, 3.8) is 0 Å². The van der Waals surface area contributed by atoms with Crippen LogP contribution in [0.4, 0.5) is 0 Å². The molecule has 2 heteroatoms. The predicted molar refractivity (Wildman–Crippen MR) is 116 cm³/mol. The van der Waals surface area contributed by atoms with Crippen LogP contribution in [0.2, 0.25) is 0 Å². The van der Waals surface area contributed by atoms with E-state index < -0.39 is 10.8 Å². The van der Waals surface area contributed by atoms with E-state index in [0.717, 1.165) is 22.3 Å². The van der Waals surface area contributed by atoms with Crippen LogP contribution < -0.4 is 0 Å². The van der Waals surface area contributed by atoms with E-state index in [1.807, 2.05) is 20.8 Å². The molecule has 2 nitrogen and oxygen atoms in total. The monoisotopic (exact) mass is 372 g/mol. The fraction of sp³-hybridized carbons (Fsp3) is 0.462. The lowest BCUT2D eigenvalue weighted by atomic mass is 9.74. The summed E-state index contributed by atoms with van der Waals surface area (Å²) in [5, 5.41) is 19.6. The highest BCUT2D eigenvalue weighted by Gasteiger charge is 2.30. The highest BCUT2D eigenvalue weighted by atomic mass is 14.4. The second kappa shape index (κ2) is 7.44. The van der Waals surface area contributed by atoms with E-state index >= 15 is 0 Å². The molecule has 0 aliphatic rings. The predicted octanol–water partition coefficient (Wildman–Crippen LogP) is 6.43. The van der Waals surface area contributed by atoms with Gasteiger partial charge in [-0.2, -0.15) is 10.5 Å². The number of benzene rings is 2. The van der Waals surface area contributed by atoms with Crippen LogP contribution in [0.1, 0.15) is 74.9 Å². The van der Waals surface area contributed by atoms with Crippen LogP contribution in [0.3, 0.4) is 0 Å². The minimum absolute atomic E-state index is 0.0322. The van der Waals surface area contributed by atoms with Crippen LogP contribution in [-0.2, 0) is 22.7 Å². The molecule has 0 bridgehead atoms. The maximum atomic E-state index is 10.1. The summed E-state index contributed by atoms with van der Waals surface area (Å²) in [6, 6.07) is 17.8. The van der Waals surface area contributed by atoms with Gasteiger partial charge in [0, 0.05) is 0 Å². The van der Waals surface area contributed by atoms with Gasteiger partial charge in [-0.25, -0.2) is 0 Å². The van der Waals surface area contributed by atoms with Gasteiger partial charge in [0.15, 0.2) is 0 Å². The third kappa shape index (κ3) is 4.63. The van der Waals surface area contributed by atoms with Crippen molar-refractivity contribution in [2.24, 2.45) is 0 Å². The zero-order valence-corrected chi connectivity index (χ0v) is 18.6. The maximum Gasteiger partial charge on any atom is 0.0834 e. The Balaban J connectivity index is 2.54. The normalized spacial score (nSPS) is 14.1. The smallest absolute Gasteiger partial charge is 0.0834 e. The van der Waals surface area contributed by atoms with E-state index in [1.165, 1.54) is 11.1 Å². The first-order valence-electron chi connectivity index (χ1n) is 9.87. The maximum absolute atomic E-state index is 10.1. The lowest BCUT2D eigenvalue weighted by Crippen LogP contribution is -2.25. The minimum Gasteiger partial charge on any atom is -0.197 e. The van der Waals surface area contributed by atoms with Crippen LogP contribution >= 0.6 is 0 Å². The van der Waals surface area contributed by atoms with E-state index in [4.69, 9.17) is 0 Å². The molecule has 146 valence electrons. The molecule has 1 unspecified atom stereocenters. The Morgan fingerprint density at radius 2 is 1.21 bits per heavy atom. The molecule has 0 heterocycles. The molecule has 2 aromatic rings. The lowest BCUT2D eigenvalue weighted by Gasteiger charge is -2.27. The van der Waals surface area contributed by atoms with E-state index in [0.29, 0.717) is 6.42 Å². The Hall–Kier alpha value is -2.58. The molecule has 28 heavy (non-hydrogen) atoms. The number of hydrogen-bond donors (Lipinski definition) is 0. The number of nitriles is 2. The van der Waals surface area contributed by atoms with Crippen LogP contribution in [0.25, 0.3) is 0 Å². The quantitative estimate of drug-likeness (QED) is 0.621. The molecule has 0 N–H and O–H groups in total. The van der Waals surface area contributed by atoms with Gasteiger partial charge in [-0.15, -0.1) is 0 Å². The largest absolute Gasteiger partial charge is 0.197 e. The molecule has 1 atom stereocenters. The molecule has 2 rings (SSSR count). The Kier molecular flexibility index (Phi) is 5.77. The van der Waals surface area contributed by atoms with Gasteiger partial charge in [0.2, 0.25) is 0 Å². The summed E-state index contributed by atoms with van der Waals surface area (Å²) < 4.78 is 0. The number of rotatable bonds is 4. The lowest BCUT2D eigenvalue weighted by molar-refractivity contribution is 0.574. The van der Waals surface area contributed by atoms with Crippen molar-refractivity contribution in [1.29, 1.82) is 10.5 Å². The Morgan fingerprint density at radius 1 is 0.679 bits per heavy atom. The van der Waals surface area contributed by atoms with Gasteiger partial charge in [0.1, 0.15) is 0 Å². The molecule has 0 spiro atoms. The number of hydrogen-bond acceptors (Lipinski definition) is 2. The zero-order valence-electron chi connectivity index (χ0n) is 18.6. The number of nitrogens with zero attached hydrogens (tertiary/aromatic N) is 2. The summed E-state index contributed by atoms with van der Waals surface area (Å²) in [4.78, 5) is 0. The van der Waals surface area contributed by atoms with Gasteiger partial charge in [-0.05, 0) is 68.7 Å². The Bertz CT molecular complexity index is 961. The Labute approximate surface area is 170 Å². The molecule has 0 amide bonds. The molecule has 0 saturated heterocycles. The molecule has 0 aromatic heterocycles. The molecule has 0 aliphatic heterocycles. The van der Waals surface area contributed by atoms with Gasteiger partial charge < -0.3 is 0 Å². The fourth-order valence-corrected chi connectivity index (χ4v) is 3.54. The summed E-state index contributed by atoms with van der Waals surface area (Å²) in [6.45, 7) is 16.6. The SMILES string of the molecule is Cc1cc(CC(C)(C#N)c2cc(C)cc(C(C)(C)C)c2)cc(C(C)(C)C#N)c1. The fourth-order valence-electron chi connectivity index (χ4n) is 3.54. The van der Waals surface area contributed by atoms with Gasteiger partial charge in [-0.1, -0.05) is 68.3 Å². The second-order valence-electron chi connectivity index (χ2n) is 9.90. The molecule has 0 saturated carbocycles. The first-order valence-corrected chi connectivity index (χ1v) is 9.87. The van der Waals surface area contributed by atoms with Crippen molar-refractivity contribution in [3.8, 4) is 12.1 Å². The third-order valence-corrected chi connectivity index (χ3v) is 5.52. The summed E-state index contributed by atoms with van der Waals surface area (Å²) in [6.07, 6.45) is 0.618. The second-order valence-corrected chi connectivity index (χ2v) is 9.90. The molecule has 0 radical (unpaired) electrons. The molecule has 0 aliphatic carbocycles. The van der Waals surface area contributed by atoms with Crippen molar-refractivity contribution in [3.05, 3.63) is 69.8 Å². The van der Waals surface area contributed by atoms with E-state index in [1.54, 1.807) is 0 Å². The van der Waals surface area contributed by atoms with Crippen LogP contribution in [0, 0.1) is 36.5 Å². The highest BCUT2D eigenvalue weighted by Crippen LogP contribution is 2.34. The topological polar surface area (TPSA) is 47.6 Å². The molecule has 0 fully saturated rings. The average Bonchev–Trinajstić information content (AvgIpc) is 2.59. The average molecular weight is 373 g/mol. The van der Waals surface area contributed by atoms with Crippen molar-refractivity contribution in [2.45, 2.75) is 78.1 Å². The van der Waals surface area contributed by atoms with Gasteiger partial charge in [0.25, 0.3) is 0 Å². The highest BCUT2D eigenvalue weighted by molar-refractivity contribution is 5.44. The third-order valence-electron chi connectivity index (χ3n) is 5.52. The van der Waals surface area contributed by atoms with Crippen LogP contribution in [0.15, 0.2) is 36.4 Å². The van der Waals surface area contributed by atoms with Crippen molar-refractivity contribution in [2.75, 3.05) is 0 Å². The zero-order chi connectivity index (χ0) is 21.3. The van der Waals surface area contributed by atoms with Crippen molar-refractivity contribution >= 4 is 0 Å². The molecular weight excluding hydrogens is 340 g/mol. The standard InChI is InChI=1S/C26H32N2/c1-18-9-20(13-22(11-18)25(6,7)16-27)15-26(8,17-28)23-12-19(2)10-21(14-23)24(3,4)5/h9-14H,15H2,1-8H3. The van der Waals surface area contributed by atoms with E-state index in [2.05, 4.69) is 83.2 Å². The summed E-state index contributed by atoms with van der Waals surface area (Å²) in [7, 11) is 0. The summed E-state index contributed by atoms with van der Waals surface area (Å²) in [5.41, 5.74) is 5.56. The van der Waals surface area contributed by atoms with Gasteiger partial charge in [0.05, 0.1) is 23.0 Å². The van der Waals surface area contributed by atoms with Gasteiger partial charge >= 0.3 is 0 Å². The minimum atomic E-state index is -0.631. The molecule has 2 aromatic carbocycles. The number of aryl methyl sites for hydroxylation is 2. The summed E-state index contributed by atoms with van der Waals surface area (Å²) in [5.74, 6) is 0. The van der Waals surface area contributed by atoms with Crippen molar-refractivity contribution < 1.29 is 0 Å². The first kappa shape index (κ1) is 21.7. The summed E-state index contributed by atoms with van der Waals surface area (Å²) >= 11 is 0. The van der Waals surface area contributed by atoms with Crippen LogP contribution in [0.5, 0.6) is 0 Å². The Morgan fingerprint density at radius 3 is 1.75 bits per heavy atom. The molecular formula is C26H32N2. The van der Waals surface area contributed by atoms with E-state index in [-0.39, 0.29) is 5.41 Å². The van der Waals surface area contributed by atoms with Crippen LogP contribution in [-0.4, -0.2) is 0 Å².